The number of carbonyl (C=O) groups excluding carboxylic acids is 2. The summed E-state index contributed by atoms with van der Waals surface area (Å²) in [5.41, 5.74) is 0.888. The molecule has 0 unspecified atom stereocenters. The lowest BCUT2D eigenvalue weighted by molar-refractivity contribution is -0.147. The third-order valence-electron chi connectivity index (χ3n) is 2.88. The lowest BCUT2D eigenvalue weighted by Gasteiger charge is -2.20. The van der Waals surface area contributed by atoms with Gasteiger partial charge < -0.3 is 19.8 Å². The standard InChI is InChI=1S/C15H21NO5/c17-10-8-16(9-11-18)14(19)6-7-15(20)21-12-13-4-2-1-3-5-13/h1-5,17-18H,6-12H2. The van der Waals surface area contributed by atoms with E-state index in [1.54, 1.807) is 0 Å². The number of esters is 1. The molecule has 0 spiro atoms. The summed E-state index contributed by atoms with van der Waals surface area (Å²) in [6.45, 7) is 0.135. The molecule has 1 rings (SSSR count). The normalized spacial score (nSPS) is 10.2. The molecule has 2 N–H and O–H groups in total. The van der Waals surface area contributed by atoms with E-state index in [1.165, 1.54) is 4.90 Å². The second-order valence-electron chi connectivity index (χ2n) is 4.47. The molecule has 0 aromatic heterocycles. The van der Waals surface area contributed by atoms with Crippen LogP contribution in [0.1, 0.15) is 18.4 Å². The molecule has 116 valence electrons. The number of aliphatic hydroxyl groups excluding tert-OH is 2. The summed E-state index contributed by atoms with van der Waals surface area (Å²) >= 11 is 0. The van der Waals surface area contributed by atoms with Crippen molar-refractivity contribution in [3.05, 3.63) is 35.9 Å². The van der Waals surface area contributed by atoms with Crippen LogP contribution < -0.4 is 0 Å². The first-order chi connectivity index (χ1) is 10.2. The van der Waals surface area contributed by atoms with Crippen LogP contribution in [0.4, 0.5) is 0 Å². The number of ether oxygens (including phenoxy) is 1. The van der Waals surface area contributed by atoms with Gasteiger partial charge in [-0.3, -0.25) is 9.59 Å². The molecule has 1 amide bonds. The highest BCUT2D eigenvalue weighted by Gasteiger charge is 2.14. The molecule has 0 aliphatic rings. The van der Waals surface area contributed by atoms with Crippen LogP contribution in [0.3, 0.4) is 0 Å². The highest BCUT2D eigenvalue weighted by Crippen LogP contribution is 2.04. The van der Waals surface area contributed by atoms with Crippen molar-refractivity contribution in [2.75, 3.05) is 26.3 Å². The van der Waals surface area contributed by atoms with Crippen LogP contribution in [-0.2, 0) is 20.9 Å². The van der Waals surface area contributed by atoms with Crippen LogP contribution in [0, 0.1) is 0 Å². The van der Waals surface area contributed by atoms with E-state index in [-0.39, 0.29) is 51.7 Å². The first-order valence-electron chi connectivity index (χ1n) is 6.86. The molecular formula is C15H21NO5. The van der Waals surface area contributed by atoms with Gasteiger partial charge in [0, 0.05) is 19.5 Å². The van der Waals surface area contributed by atoms with E-state index in [2.05, 4.69) is 0 Å². The zero-order valence-corrected chi connectivity index (χ0v) is 11.9. The number of nitrogens with zero attached hydrogens (tertiary/aromatic N) is 1. The Hall–Kier alpha value is -1.92. The van der Waals surface area contributed by atoms with Crippen molar-refractivity contribution >= 4 is 11.9 Å². The van der Waals surface area contributed by atoms with E-state index in [1.807, 2.05) is 30.3 Å². The van der Waals surface area contributed by atoms with Crippen molar-refractivity contribution in [2.45, 2.75) is 19.4 Å². The van der Waals surface area contributed by atoms with Crippen molar-refractivity contribution in [1.82, 2.24) is 4.90 Å². The summed E-state index contributed by atoms with van der Waals surface area (Å²) in [6, 6.07) is 9.29. The third-order valence-corrected chi connectivity index (χ3v) is 2.88. The number of amides is 1. The van der Waals surface area contributed by atoms with Crippen LogP contribution in [0.15, 0.2) is 30.3 Å². The Balaban J connectivity index is 2.29. The molecule has 6 heteroatoms. The van der Waals surface area contributed by atoms with Crippen LogP contribution in [0.25, 0.3) is 0 Å². The van der Waals surface area contributed by atoms with E-state index >= 15 is 0 Å². The van der Waals surface area contributed by atoms with Gasteiger partial charge >= 0.3 is 5.97 Å². The zero-order valence-electron chi connectivity index (χ0n) is 11.9. The maximum Gasteiger partial charge on any atom is 0.306 e. The predicted molar refractivity (Wildman–Crippen MR) is 76.2 cm³/mol. The fourth-order valence-corrected chi connectivity index (χ4v) is 1.78. The van der Waals surface area contributed by atoms with Gasteiger partial charge in [-0.25, -0.2) is 0 Å². The van der Waals surface area contributed by atoms with Crippen LogP contribution >= 0.6 is 0 Å². The summed E-state index contributed by atoms with van der Waals surface area (Å²) in [6.07, 6.45) is -0.00729. The van der Waals surface area contributed by atoms with E-state index in [9.17, 15) is 9.59 Å². The first kappa shape index (κ1) is 17.1. The molecule has 0 aliphatic carbocycles. The van der Waals surface area contributed by atoms with Crippen molar-refractivity contribution in [1.29, 1.82) is 0 Å². The SMILES string of the molecule is O=C(CCC(=O)N(CCO)CCO)OCc1ccccc1. The Kier molecular flexibility index (Phi) is 8.08. The van der Waals surface area contributed by atoms with Gasteiger partial charge in [0.2, 0.25) is 5.91 Å². The lowest BCUT2D eigenvalue weighted by Crippen LogP contribution is -2.36. The Morgan fingerprint density at radius 2 is 1.62 bits per heavy atom. The van der Waals surface area contributed by atoms with E-state index in [0.717, 1.165) is 5.56 Å². The average Bonchev–Trinajstić information content (AvgIpc) is 2.51. The fraction of sp³-hybridized carbons (Fsp3) is 0.467. The van der Waals surface area contributed by atoms with Gasteiger partial charge in [0.1, 0.15) is 6.61 Å². The van der Waals surface area contributed by atoms with E-state index < -0.39 is 5.97 Å². The largest absolute Gasteiger partial charge is 0.461 e. The summed E-state index contributed by atoms with van der Waals surface area (Å²) in [5.74, 6) is -0.727. The molecule has 0 aliphatic heterocycles. The van der Waals surface area contributed by atoms with Crippen LogP contribution in [-0.4, -0.2) is 53.3 Å². The molecule has 0 fully saturated rings. The molecule has 1 aromatic rings. The van der Waals surface area contributed by atoms with Gasteiger partial charge in [-0.2, -0.15) is 0 Å². The molecule has 0 heterocycles. The van der Waals surface area contributed by atoms with Gasteiger partial charge in [0.25, 0.3) is 0 Å². The molecule has 1 aromatic carbocycles. The van der Waals surface area contributed by atoms with Gasteiger partial charge in [-0.1, -0.05) is 30.3 Å². The van der Waals surface area contributed by atoms with Crippen molar-refractivity contribution < 1.29 is 24.5 Å². The van der Waals surface area contributed by atoms with E-state index in [0.29, 0.717) is 0 Å². The number of carbonyl (C=O) groups is 2. The third kappa shape index (κ3) is 6.87. The number of rotatable bonds is 9. The zero-order chi connectivity index (χ0) is 15.5. The Morgan fingerprint density at radius 1 is 1.00 bits per heavy atom. The summed E-state index contributed by atoms with van der Waals surface area (Å²) in [4.78, 5) is 24.7. The molecule has 0 atom stereocenters. The minimum Gasteiger partial charge on any atom is -0.461 e. The lowest BCUT2D eigenvalue weighted by atomic mass is 10.2. The maximum absolute atomic E-state index is 11.8. The van der Waals surface area contributed by atoms with E-state index in [4.69, 9.17) is 14.9 Å². The second kappa shape index (κ2) is 9.90. The maximum atomic E-state index is 11.8. The Labute approximate surface area is 124 Å². The van der Waals surface area contributed by atoms with Gasteiger partial charge in [0.15, 0.2) is 0 Å². The molecule has 0 radical (unpaired) electrons. The summed E-state index contributed by atoms with van der Waals surface area (Å²) < 4.78 is 5.07. The monoisotopic (exact) mass is 295 g/mol. The first-order valence-corrected chi connectivity index (χ1v) is 6.86. The Morgan fingerprint density at radius 3 is 2.19 bits per heavy atom. The van der Waals surface area contributed by atoms with Crippen molar-refractivity contribution in [2.24, 2.45) is 0 Å². The smallest absolute Gasteiger partial charge is 0.306 e. The molecule has 0 saturated carbocycles. The minimum atomic E-state index is -0.444. The highest BCUT2D eigenvalue weighted by molar-refractivity contribution is 5.81. The van der Waals surface area contributed by atoms with Gasteiger partial charge in [-0.15, -0.1) is 0 Å². The number of benzene rings is 1. The molecule has 21 heavy (non-hydrogen) atoms. The molecule has 0 saturated heterocycles. The second-order valence-corrected chi connectivity index (χ2v) is 4.47. The summed E-state index contributed by atoms with van der Waals surface area (Å²) in [7, 11) is 0. The topological polar surface area (TPSA) is 87.1 Å². The fourth-order valence-electron chi connectivity index (χ4n) is 1.78. The number of hydrogen-bond acceptors (Lipinski definition) is 5. The minimum absolute atomic E-state index is 0.00756. The summed E-state index contributed by atoms with van der Waals surface area (Å²) in [5, 5.41) is 17.7. The van der Waals surface area contributed by atoms with Gasteiger partial charge in [0.05, 0.1) is 19.6 Å². The molecule has 6 nitrogen and oxygen atoms in total. The molecule has 0 bridgehead atoms. The highest BCUT2D eigenvalue weighted by atomic mass is 16.5. The van der Waals surface area contributed by atoms with Gasteiger partial charge in [-0.05, 0) is 5.56 Å². The van der Waals surface area contributed by atoms with Crippen molar-refractivity contribution in [3.63, 3.8) is 0 Å². The number of hydrogen-bond donors (Lipinski definition) is 2. The van der Waals surface area contributed by atoms with Crippen molar-refractivity contribution in [3.8, 4) is 0 Å². The predicted octanol–water partition coefficient (Wildman–Crippen LogP) is 0.323. The quantitative estimate of drug-likeness (QED) is 0.641. The Bertz CT molecular complexity index is 429. The average molecular weight is 295 g/mol. The molecular weight excluding hydrogens is 274 g/mol. The van der Waals surface area contributed by atoms with Crippen LogP contribution in [0.5, 0.6) is 0 Å². The van der Waals surface area contributed by atoms with Crippen LogP contribution in [0.2, 0.25) is 0 Å². The number of aliphatic hydroxyl groups is 2.